The third-order valence-corrected chi connectivity index (χ3v) is 4.05. The quantitative estimate of drug-likeness (QED) is 0.633. The minimum atomic E-state index is -0.671. The normalized spacial score (nSPS) is 11.7. The first kappa shape index (κ1) is 18.7. The van der Waals surface area contributed by atoms with E-state index in [0.717, 1.165) is 5.56 Å². The molecule has 0 bridgehead atoms. The summed E-state index contributed by atoms with van der Waals surface area (Å²) in [6, 6.07) is 8.30. The molecular formula is C18H19ClN2O4. The molecule has 1 aromatic heterocycles. The van der Waals surface area contributed by atoms with Crippen LogP contribution in [0.4, 0.5) is 0 Å². The number of hydrogen-bond donors (Lipinski definition) is 1. The monoisotopic (exact) mass is 362 g/mol. The molecule has 0 saturated heterocycles. The standard InChI is InChI=1S/C18H19ClN2O4/c1-11(14-6-4-5-7-15(14)19)20-17(23)10-25-18(24)16-8-13(12(2)22)9-21(16)3/h4-9,11H,10H2,1-3H3,(H,20,23)/t11-/m1/s1. The Bertz CT molecular complexity index is 813. The average Bonchev–Trinajstić information content (AvgIpc) is 2.95. The van der Waals surface area contributed by atoms with Crippen molar-refractivity contribution in [3.05, 3.63) is 58.4 Å². The molecule has 0 unspecified atom stereocenters. The molecule has 1 heterocycles. The van der Waals surface area contributed by atoms with E-state index in [9.17, 15) is 14.4 Å². The number of Topliss-reactive ketones (excluding diaryl/α,β-unsaturated/α-hetero) is 1. The summed E-state index contributed by atoms with van der Waals surface area (Å²) in [6.45, 7) is 2.78. The molecule has 0 saturated carbocycles. The molecule has 0 aliphatic carbocycles. The summed E-state index contributed by atoms with van der Waals surface area (Å²) in [5.74, 6) is -1.27. The van der Waals surface area contributed by atoms with E-state index in [1.165, 1.54) is 17.6 Å². The Morgan fingerprint density at radius 3 is 2.56 bits per heavy atom. The Labute approximate surface area is 150 Å². The maximum atomic E-state index is 12.1. The van der Waals surface area contributed by atoms with Crippen LogP contribution in [0, 0.1) is 0 Å². The maximum Gasteiger partial charge on any atom is 0.355 e. The van der Waals surface area contributed by atoms with Crippen molar-refractivity contribution in [2.75, 3.05) is 6.61 Å². The third kappa shape index (κ3) is 4.70. The lowest BCUT2D eigenvalue weighted by molar-refractivity contribution is -0.124. The largest absolute Gasteiger partial charge is 0.451 e. The molecule has 0 radical (unpaired) electrons. The van der Waals surface area contributed by atoms with Gasteiger partial charge in [0.15, 0.2) is 12.4 Å². The van der Waals surface area contributed by atoms with Crippen LogP contribution in [0.3, 0.4) is 0 Å². The van der Waals surface area contributed by atoms with Crippen molar-refractivity contribution < 1.29 is 19.1 Å². The molecule has 2 rings (SSSR count). The van der Waals surface area contributed by atoms with E-state index in [1.54, 1.807) is 32.3 Å². The minimum Gasteiger partial charge on any atom is -0.451 e. The van der Waals surface area contributed by atoms with Gasteiger partial charge in [0, 0.05) is 23.8 Å². The Kier molecular flexibility index (Phi) is 5.98. The Balaban J connectivity index is 1.92. The summed E-state index contributed by atoms with van der Waals surface area (Å²) in [5.41, 5.74) is 1.39. The van der Waals surface area contributed by atoms with Gasteiger partial charge in [-0.25, -0.2) is 4.79 Å². The predicted molar refractivity (Wildman–Crippen MR) is 93.7 cm³/mol. The van der Waals surface area contributed by atoms with Crippen LogP contribution in [0.1, 0.15) is 46.3 Å². The van der Waals surface area contributed by atoms with E-state index in [4.69, 9.17) is 16.3 Å². The van der Waals surface area contributed by atoms with Gasteiger partial charge in [-0.3, -0.25) is 9.59 Å². The van der Waals surface area contributed by atoms with Crippen molar-refractivity contribution in [1.82, 2.24) is 9.88 Å². The summed E-state index contributed by atoms with van der Waals surface area (Å²) >= 11 is 6.09. The minimum absolute atomic E-state index is 0.152. The third-order valence-electron chi connectivity index (χ3n) is 3.70. The number of carbonyl (C=O) groups excluding carboxylic acids is 3. The van der Waals surface area contributed by atoms with Gasteiger partial charge in [-0.15, -0.1) is 0 Å². The highest BCUT2D eigenvalue weighted by atomic mass is 35.5. The zero-order valence-electron chi connectivity index (χ0n) is 14.2. The first-order valence-corrected chi connectivity index (χ1v) is 8.05. The van der Waals surface area contributed by atoms with Gasteiger partial charge in [0.1, 0.15) is 5.69 Å². The van der Waals surface area contributed by atoms with Crippen LogP contribution >= 0.6 is 11.6 Å². The molecule has 1 amide bonds. The van der Waals surface area contributed by atoms with Gasteiger partial charge in [-0.2, -0.15) is 0 Å². The van der Waals surface area contributed by atoms with E-state index < -0.39 is 18.5 Å². The predicted octanol–water partition coefficient (Wildman–Crippen LogP) is 2.92. The zero-order valence-corrected chi connectivity index (χ0v) is 15.0. The number of hydrogen-bond acceptors (Lipinski definition) is 4. The lowest BCUT2D eigenvalue weighted by Gasteiger charge is -2.15. The van der Waals surface area contributed by atoms with Gasteiger partial charge >= 0.3 is 5.97 Å². The summed E-state index contributed by atoms with van der Waals surface area (Å²) in [4.78, 5) is 35.4. The maximum absolute atomic E-state index is 12.1. The Hall–Kier alpha value is -2.60. The topological polar surface area (TPSA) is 77.4 Å². The van der Waals surface area contributed by atoms with Crippen LogP contribution in [0.25, 0.3) is 0 Å². The molecule has 132 valence electrons. The van der Waals surface area contributed by atoms with Crippen molar-refractivity contribution in [3.8, 4) is 0 Å². The fraction of sp³-hybridized carbons (Fsp3) is 0.278. The van der Waals surface area contributed by atoms with Crippen molar-refractivity contribution >= 4 is 29.3 Å². The van der Waals surface area contributed by atoms with Crippen molar-refractivity contribution in [2.24, 2.45) is 7.05 Å². The van der Waals surface area contributed by atoms with Crippen LogP contribution < -0.4 is 5.32 Å². The number of halogens is 1. The first-order valence-electron chi connectivity index (χ1n) is 7.67. The fourth-order valence-electron chi connectivity index (χ4n) is 2.35. The number of aryl methyl sites for hydroxylation is 1. The van der Waals surface area contributed by atoms with Gasteiger partial charge in [-0.05, 0) is 31.5 Å². The Morgan fingerprint density at radius 1 is 1.28 bits per heavy atom. The van der Waals surface area contributed by atoms with Gasteiger partial charge < -0.3 is 14.6 Å². The molecule has 0 aliphatic heterocycles. The van der Waals surface area contributed by atoms with E-state index in [2.05, 4.69) is 5.32 Å². The molecule has 0 spiro atoms. The molecule has 0 aliphatic rings. The second-order valence-corrected chi connectivity index (χ2v) is 6.08. The summed E-state index contributed by atoms with van der Waals surface area (Å²) < 4.78 is 6.50. The van der Waals surface area contributed by atoms with Crippen molar-refractivity contribution in [3.63, 3.8) is 0 Å². The molecule has 0 fully saturated rings. The average molecular weight is 363 g/mol. The van der Waals surface area contributed by atoms with Gasteiger partial charge in [0.25, 0.3) is 5.91 Å². The number of nitrogens with zero attached hydrogens (tertiary/aromatic N) is 1. The molecule has 1 N–H and O–H groups in total. The van der Waals surface area contributed by atoms with Crippen LogP contribution in [0.15, 0.2) is 36.5 Å². The van der Waals surface area contributed by atoms with Gasteiger partial charge in [-0.1, -0.05) is 29.8 Å². The molecule has 6 nitrogen and oxygen atoms in total. The first-order chi connectivity index (χ1) is 11.8. The number of nitrogens with one attached hydrogen (secondary N) is 1. The number of amides is 1. The molecular weight excluding hydrogens is 344 g/mol. The number of aromatic nitrogens is 1. The highest BCUT2D eigenvalue weighted by molar-refractivity contribution is 6.31. The molecule has 25 heavy (non-hydrogen) atoms. The molecule has 1 aromatic carbocycles. The number of esters is 1. The van der Waals surface area contributed by atoms with Gasteiger partial charge in [0.05, 0.1) is 6.04 Å². The fourth-order valence-corrected chi connectivity index (χ4v) is 2.65. The van der Waals surface area contributed by atoms with Gasteiger partial charge in [0.2, 0.25) is 0 Å². The Morgan fingerprint density at radius 2 is 1.96 bits per heavy atom. The smallest absolute Gasteiger partial charge is 0.355 e. The van der Waals surface area contributed by atoms with Crippen LogP contribution in [-0.4, -0.2) is 28.8 Å². The molecule has 7 heteroatoms. The highest BCUT2D eigenvalue weighted by Gasteiger charge is 2.18. The highest BCUT2D eigenvalue weighted by Crippen LogP contribution is 2.21. The van der Waals surface area contributed by atoms with E-state index in [-0.39, 0.29) is 17.5 Å². The summed E-state index contributed by atoms with van der Waals surface area (Å²) in [6.07, 6.45) is 1.54. The van der Waals surface area contributed by atoms with Crippen molar-refractivity contribution in [1.29, 1.82) is 0 Å². The van der Waals surface area contributed by atoms with Crippen LogP contribution in [0.5, 0.6) is 0 Å². The molecule has 1 atom stereocenters. The lowest BCUT2D eigenvalue weighted by Crippen LogP contribution is -2.31. The second-order valence-electron chi connectivity index (χ2n) is 5.67. The zero-order chi connectivity index (χ0) is 18.6. The SMILES string of the molecule is CC(=O)c1cc(C(=O)OCC(=O)N[C@H](C)c2ccccc2Cl)n(C)c1. The summed E-state index contributed by atoms with van der Waals surface area (Å²) in [7, 11) is 1.63. The number of ether oxygens (including phenoxy) is 1. The van der Waals surface area contributed by atoms with Crippen LogP contribution in [0.2, 0.25) is 5.02 Å². The number of carbonyl (C=O) groups is 3. The van der Waals surface area contributed by atoms with Crippen molar-refractivity contribution in [2.45, 2.75) is 19.9 Å². The number of ketones is 1. The van der Waals surface area contributed by atoms with E-state index in [0.29, 0.717) is 10.6 Å². The summed E-state index contributed by atoms with van der Waals surface area (Å²) in [5, 5.41) is 3.27. The van der Waals surface area contributed by atoms with E-state index >= 15 is 0 Å². The number of benzene rings is 1. The second kappa shape index (κ2) is 7.98. The molecule has 2 aromatic rings. The number of rotatable bonds is 6. The van der Waals surface area contributed by atoms with Crippen LogP contribution in [-0.2, 0) is 16.6 Å². The van der Waals surface area contributed by atoms with E-state index in [1.807, 2.05) is 12.1 Å². The lowest BCUT2D eigenvalue weighted by atomic mass is 10.1.